The average Bonchev–Trinajstić information content (AvgIpc) is 2.90. The summed E-state index contributed by atoms with van der Waals surface area (Å²) in [6.07, 6.45) is 4.44. The first-order valence-corrected chi connectivity index (χ1v) is 7.05. The zero-order chi connectivity index (χ0) is 15.4. The van der Waals surface area contributed by atoms with Gasteiger partial charge in [0.15, 0.2) is 0 Å². The van der Waals surface area contributed by atoms with Crippen LogP contribution in [0, 0.1) is 11.8 Å². The molecule has 1 unspecified atom stereocenters. The van der Waals surface area contributed by atoms with Crippen molar-refractivity contribution in [2.45, 2.75) is 26.7 Å². The second kappa shape index (κ2) is 6.51. The molecule has 2 amide bonds. The van der Waals surface area contributed by atoms with Gasteiger partial charge in [-0.25, -0.2) is 14.8 Å². The number of hydrogen-bond donors (Lipinski definition) is 2. The highest BCUT2D eigenvalue weighted by Gasteiger charge is 2.30. The SMILES string of the molecule is CC(C)Cc1ncc(NC(=O)N2CCC(C(=O)O)C2)cn1. The molecule has 1 aromatic rings. The van der Waals surface area contributed by atoms with Crippen LogP contribution in [-0.4, -0.2) is 45.1 Å². The minimum Gasteiger partial charge on any atom is -0.481 e. The molecule has 0 bridgehead atoms. The van der Waals surface area contributed by atoms with E-state index in [1.165, 1.54) is 4.90 Å². The van der Waals surface area contributed by atoms with E-state index in [0.717, 1.165) is 12.2 Å². The van der Waals surface area contributed by atoms with Gasteiger partial charge in [0.25, 0.3) is 0 Å². The number of carbonyl (C=O) groups is 2. The fraction of sp³-hybridized carbons (Fsp3) is 0.571. The Balaban J connectivity index is 1.89. The van der Waals surface area contributed by atoms with Crippen LogP contribution in [0.25, 0.3) is 0 Å². The third-order valence-corrected chi connectivity index (χ3v) is 3.37. The number of carbonyl (C=O) groups excluding carboxylic acids is 1. The second-order valence-electron chi connectivity index (χ2n) is 5.69. The number of carboxylic acids is 1. The molecule has 2 heterocycles. The first-order chi connectivity index (χ1) is 9.95. The van der Waals surface area contributed by atoms with Crippen molar-refractivity contribution >= 4 is 17.7 Å². The molecule has 1 saturated heterocycles. The number of urea groups is 1. The number of aliphatic carboxylic acids is 1. The molecule has 7 heteroatoms. The van der Waals surface area contributed by atoms with Gasteiger partial charge >= 0.3 is 12.0 Å². The highest BCUT2D eigenvalue weighted by atomic mass is 16.4. The summed E-state index contributed by atoms with van der Waals surface area (Å²) in [5.41, 5.74) is 0.520. The predicted molar refractivity (Wildman–Crippen MR) is 76.9 cm³/mol. The summed E-state index contributed by atoms with van der Waals surface area (Å²) in [6, 6.07) is -0.307. The number of aromatic nitrogens is 2. The molecule has 0 aromatic carbocycles. The molecule has 0 saturated carbocycles. The molecule has 0 radical (unpaired) electrons. The molecule has 21 heavy (non-hydrogen) atoms. The van der Waals surface area contributed by atoms with E-state index in [2.05, 4.69) is 29.1 Å². The van der Waals surface area contributed by atoms with E-state index in [-0.39, 0.29) is 12.6 Å². The number of nitrogens with one attached hydrogen (secondary N) is 1. The molecular formula is C14H20N4O3. The fourth-order valence-corrected chi connectivity index (χ4v) is 2.24. The Kier molecular flexibility index (Phi) is 4.72. The highest BCUT2D eigenvalue weighted by molar-refractivity contribution is 5.89. The van der Waals surface area contributed by atoms with E-state index in [0.29, 0.717) is 24.6 Å². The number of amides is 2. The van der Waals surface area contributed by atoms with Gasteiger partial charge in [-0.2, -0.15) is 0 Å². The number of rotatable bonds is 4. The van der Waals surface area contributed by atoms with Crippen LogP contribution in [0.5, 0.6) is 0 Å². The molecule has 7 nitrogen and oxygen atoms in total. The van der Waals surface area contributed by atoms with Crippen molar-refractivity contribution in [1.82, 2.24) is 14.9 Å². The second-order valence-corrected chi connectivity index (χ2v) is 5.69. The van der Waals surface area contributed by atoms with Gasteiger partial charge in [0.2, 0.25) is 0 Å². The molecule has 1 fully saturated rings. The van der Waals surface area contributed by atoms with E-state index in [1.54, 1.807) is 12.4 Å². The summed E-state index contributed by atoms with van der Waals surface area (Å²) in [5.74, 6) is -0.106. The lowest BCUT2D eigenvalue weighted by molar-refractivity contribution is -0.141. The van der Waals surface area contributed by atoms with E-state index < -0.39 is 11.9 Å². The first-order valence-electron chi connectivity index (χ1n) is 7.05. The van der Waals surface area contributed by atoms with Crippen molar-refractivity contribution in [2.75, 3.05) is 18.4 Å². The van der Waals surface area contributed by atoms with Crippen LogP contribution in [0.15, 0.2) is 12.4 Å². The fourth-order valence-electron chi connectivity index (χ4n) is 2.24. The van der Waals surface area contributed by atoms with Gasteiger partial charge in [-0.05, 0) is 12.3 Å². The Bertz CT molecular complexity index is 515. The Morgan fingerprint density at radius 2 is 2.10 bits per heavy atom. The summed E-state index contributed by atoms with van der Waals surface area (Å²) in [4.78, 5) is 32.8. The monoisotopic (exact) mass is 292 g/mol. The largest absolute Gasteiger partial charge is 0.481 e. The predicted octanol–water partition coefficient (Wildman–Crippen LogP) is 1.61. The molecule has 2 rings (SSSR count). The number of carboxylic acid groups (broad SMARTS) is 1. The molecular weight excluding hydrogens is 272 g/mol. The van der Waals surface area contributed by atoms with Crippen LogP contribution in [0.1, 0.15) is 26.1 Å². The molecule has 2 N–H and O–H groups in total. The summed E-state index contributed by atoms with van der Waals surface area (Å²) in [6.45, 7) is 4.87. The normalized spacial score (nSPS) is 18.0. The summed E-state index contributed by atoms with van der Waals surface area (Å²) < 4.78 is 0. The van der Waals surface area contributed by atoms with Gasteiger partial charge in [-0.1, -0.05) is 13.8 Å². The standard InChI is InChI=1S/C14H20N4O3/c1-9(2)5-12-15-6-11(7-16-12)17-14(21)18-4-3-10(8-18)13(19)20/h6-7,9-10H,3-5,8H2,1-2H3,(H,17,21)(H,19,20). The Labute approximate surface area is 123 Å². The lowest BCUT2D eigenvalue weighted by Gasteiger charge is -2.16. The first kappa shape index (κ1) is 15.2. The quantitative estimate of drug-likeness (QED) is 0.879. The molecule has 114 valence electrons. The summed E-state index contributed by atoms with van der Waals surface area (Å²) >= 11 is 0. The third kappa shape index (κ3) is 4.14. The van der Waals surface area contributed by atoms with Gasteiger partial charge in [-0.15, -0.1) is 0 Å². The maximum Gasteiger partial charge on any atom is 0.321 e. The summed E-state index contributed by atoms with van der Waals surface area (Å²) in [5, 5.41) is 11.6. The maximum atomic E-state index is 12.0. The summed E-state index contributed by atoms with van der Waals surface area (Å²) in [7, 11) is 0. The third-order valence-electron chi connectivity index (χ3n) is 3.37. The van der Waals surface area contributed by atoms with Crippen LogP contribution >= 0.6 is 0 Å². The number of likely N-dealkylation sites (tertiary alicyclic amines) is 1. The van der Waals surface area contributed by atoms with E-state index in [9.17, 15) is 9.59 Å². The van der Waals surface area contributed by atoms with Crippen molar-refractivity contribution in [1.29, 1.82) is 0 Å². The highest BCUT2D eigenvalue weighted by Crippen LogP contribution is 2.17. The molecule has 1 aliphatic heterocycles. The average molecular weight is 292 g/mol. The Morgan fingerprint density at radius 3 is 2.62 bits per heavy atom. The van der Waals surface area contributed by atoms with Crippen molar-refractivity contribution < 1.29 is 14.7 Å². The zero-order valence-electron chi connectivity index (χ0n) is 12.2. The van der Waals surface area contributed by atoms with Crippen LogP contribution in [0.2, 0.25) is 0 Å². The molecule has 0 aliphatic carbocycles. The lowest BCUT2D eigenvalue weighted by atomic mass is 10.1. The van der Waals surface area contributed by atoms with E-state index in [4.69, 9.17) is 5.11 Å². The Hall–Kier alpha value is -2.18. The molecule has 0 spiro atoms. The van der Waals surface area contributed by atoms with Crippen LogP contribution in [0.3, 0.4) is 0 Å². The lowest BCUT2D eigenvalue weighted by Crippen LogP contribution is -2.33. The van der Waals surface area contributed by atoms with Crippen molar-refractivity contribution in [3.63, 3.8) is 0 Å². The van der Waals surface area contributed by atoms with Gasteiger partial charge in [-0.3, -0.25) is 4.79 Å². The topological polar surface area (TPSA) is 95.4 Å². The van der Waals surface area contributed by atoms with Gasteiger partial charge < -0.3 is 15.3 Å². The minimum absolute atomic E-state index is 0.244. The van der Waals surface area contributed by atoms with Gasteiger partial charge in [0.1, 0.15) is 5.82 Å². The number of hydrogen-bond acceptors (Lipinski definition) is 4. The van der Waals surface area contributed by atoms with Crippen molar-refractivity contribution in [3.8, 4) is 0 Å². The van der Waals surface area contributed by atoms with Crippen LogP contribution in [0.4, 0.5) is 10.5 Å². The van der Waals surface area contributed by atoms with E-state index >= 15 is 0 Å². The number of nitrogens with zero attached hydrogens (tertiary/aromatic N) is 3. The van der Waals surface area contributed by atoms with E-state index in [1.807, 2.05) is 0 Å². The van der Waals surface area contributed by atoms with Crippen molar-refractivity contribution in [3.05, 3.63) is 18.2 Å². The molecule has 1 aliphatic rings. The minimum atomic E-state index is -0.855. The smallest absolute Gasteiger partial charge is 0.321 e. The Morgan fingerprint density at radius 1 is 1.43 bits per heavy atom. The zero-order valence-corrected chi connectivity index (χ0v) is 12.2. The van der Waals surface area contributed by atoms with Crippen LogP contribution in [-0.2, 0) is 11.2 Å². The maximum absolute atomic E-state index is 12.0. The molecule has 1 atom stereocenters. The van der Waals surface area contributed by atoms with Gasteiger partial charge in [0.05, 0.1) is 24.0 Å². The van der Waals surface area contributed by atoms with Gasteiger partial charge in [0, 0.05) is 19.5 Å². The molecule has 1 aromatic heterocycles. The van der Waals surface area contributed by atoms with Crippen LogP contribution < -0.4 is 5.32 Å². The number of anilines is 1. The van der Waals surface area contributed by atoms with Crippen molar-refractivity contribution in [2.24, 2.45) is 11.8 Å².